The zero-order valence-corrected chi connectivity index (χ0v) is 16.6. The van der Waals surface area contributed by atoms with Gasteiger partial charge in [-0.25, -0.2) is 0 Å². The Morgan fingerprint density at radius 2 is 1.80 bits per heavy atom. The molecule has 5 heteroatoms. The average Bonchev–Trinajstić information content (AvgIpc) is 2.62. The third-order valence-electron chi connectivity index (χ3n) is 4.38. The zero-order chi connectivity index (χ0) is 17.6. The summed E-state index contributed by atoms with van der Waals surface area (Å²) in [5, 5.41) is 0. The van der Waals surface area contributed by atoms with Crippen LogP contribution in [0.4, 0.5) is 0 Å². The summed E-state index contributed by atoms with van der Waals surface area (Å²) in [6, 6.07) is 18.1. The van der Waals surface area contributed by atoms with Crippen molar-refractivity contribution in [1.29, 1.82) is 0 Å². The van der Waals surface area contributed by atoms with E-state index in [2.05, 4.69) is 51.8 Å². The highest BCUT2D eigenvalue weighted by atomic mass is 127. The lowest BCUT2D eigenvalue weighted by molar-refractivity contribution is -0.139. The van der Waals surface area contributed by atoms with Gasteiger partial charge in [0.05, 0.1) is 0 Å². The molecule has 0 spiro atoms. The van der Waals surface area contributed by atoms with Crippen LogP contribution in [0.2, 0.25) is 0 Å². The Balaban J connectivity index is 1.49. The van der Waals surface area contributed by atoms with Crippen molar-refractivity contribution in [2.24, 2.45) is 0 Å². The van der Waals surface area contributed by atoms with Crippen LogP contribution < -0.4 is 4.74 Å². The smallest absolute Gasteiger partial charge is 0.263 e. The Morgan fingerprint density at radius 1 is 1.08 bits per heavy atom. The van der Waals surface area contributed by atoms with Gasteiger partial charge in [0.15, 0.2) is 6.10 Å². The zero-order valence-electron chi connectivity index (χ0n) is 14.4. The maximum Gasteiger partial charge on any atom is 0.263 e. The normalized spacial score (nSPS) is 16.5. The van der Waals surface area contributed by atoms with Gasteiger partial charge in [-0.15, -0.1) is 0 Å². The van der Waals surface area contributed by atoms with E-state index in [9.17, 15) is 4.79 Å². The molecule has 2 aromatic rings. The number of para-hydroxylation sites is 1. The predicted octanol–water partition coefficient (Wildman–Crippen LogP) is 3.40. The van der Waals surface area contributed by atoms with Gasteiger partial charge < -0.3 is 9.64 Å². The summed E-state index contributed by atoms with van der Waals surface area (Å²) >= 11 is 2.34. The van der Waals surface area contributed by atoms with Gasteiger partial charge >= 0.3 is 0 Å². The Hall–Kier alpha value is -1.60. The van der Waals surface area contributed by atoms with E-state index in [-0.39, 0.29) is 5.91 Å². The number of piperazine rings is 1. The van der Waals surface area contributed by atoms with Crippen LogP contribution in [-0.2, 0) is 11.3 Å². The lowest BCUT2D eigenvalue weighted by Gasteiger charge is -2.35. The summed E-state index contributed by atoms with van der Waals surface area (Å²) in [7, 11) is 0. The van der Waals surface area contributed by atoms with Crippen LogP contribution in [0.25, 0.3) is 0 Å². The molecule has 1 aliphatic rings. The summed E-state index contributed by atoms with van der Waals surface area (Å²) in [6.07, 6.45) is -0.454. The molecule has 0 aliphatic carbocycles. The quantitative estimate of drug-likeness (QED) is 0.655. The minimum Gasteiger partial charge on any atom is -0.481 e. The van der Waals surface area contributed by atoms with Gasteiger partial charge in [0.1, 0.15) is 5.75 Å². The van der Waals surface area contributed by atoms with Crippen LogP contribution >= 0.6 is 22.6 Å². The number of hydrogen-bond donors (Lipinski definition) is 0. The largest absolute Gasteiger partial charge is 0.481 e. The highest BCUT2D eigenvalue weighted by molar-refractivity contribution is 14.1. The van der Waals surface area contributed by atoms with Crippen LogP contribution in [0.15, 0.2) is 54.6 Å². The van der Waals surface area contributed by atoms with Crippen molar-refractivity contribution < 1.29 is 9.53 Å². The van der Waals surface area contributed by atoms with E-state index < -0.39 is 6.10 Å². The van der Waals surface area contributed by atoms with Crippen LogP contribution in [0.5, 0.6) is 5.75 Å². The second-order valence-corrected chi connectivity index (χ2v) is 7.55. The molecule has 1 fully saturated rings. The predicted molar refractivity (Wildman–Crippen MR) is 108 cm³/mol. The van der Waals surface area contributed by atoms with Crippen LogP contribution in [0.3, 0.4) is 0 Å². The summed E-state index contributed by atoms with van der Waals surface area (Å²) < 4.78 is 7.02. The number of amides is 1. The fourth-order valence-corrected chi connectivity index (χ4v) is 3.64. The maximum absolute atomic E-state index is 12.6. The van der Waals surface area contributed by atoms with Gasteiger partial charge in [0.25, 0.3) is 5.91 Å². The Kier molecular flexibility index (Phi) is 6.31. The maximum atomic E-state index is 12.6. The number of halogens is 1. The number of benzene rings is 2. The third kappa shape index (κ3) is 5.19. The SMILES string of the molecule is CC(Oc1ccccc1)C(=O)N1CCN(Cc2cccc(I)c2)CC1. The second-order valence-electron chi connectivity index (χ2n) is 6.30. The van der Waals surface area contributed by atoms with E-state index in [1.165, 1.54) is 9.13 Å². The first kappa shape index (κ1) is 18.2. The summed E-state index contributed by atoms with van der Waals surface area (Å²) in [6.45, 7) is 6.07. The van der Waals surface area contributed by atoms with E-state index in [0.29, 0.717) is 0 Å². The third-order valence-corrected chi connectivity index (χ3v) is 5.05. The molecule has 1 aliphatic heterocycles. The highest BCUT2D eigenvalue weighted by Crippen LogP contribution is 2.15. The molecule has 0 bridgehead atoms. The Bertz CT molecular complexity index is 700. The standard InChI is InChI=1S/C20H23IN2O2/c1-16(25-19-8-3-2-4-9-19)20(24)23-12-10-22(11-13-23)15-17-6-5-7-18(21)14-17/h2-9,14,16H,10-13,15H2,1H3. The fourth-order valence-electron chi connectivity index (χ4n) is 3.03. The minimum absolute atomic E-state index is 0.0674. The van der Waals surface area contributed by atoms with E-state index in [0.717, 1.165) is 38.5 Å². The van der Waals surface area contributed by atoms with E-state index in [1.54, 1.807) is 0 Å². The number of ether oxygens (including phenoxy) is 1. The molecule has 4 nitrogen and oxygen atoms in total. The molecule has 0 N–H and O–H groups in total. The molecule has 0 radical (unpaired) electrons. The lowest BCUT2D eigenvalue weighted by Crippen LogP contribution is -2.51. The average molecular weight is 450 g/mol. The molecular formula is C20H23IN2O2. The van der Waals surface area contributed by atoms with E-state index in [4.69, 9.17) is 4.74 Å². The number of carbonyl (C=O) groups excluding carboxylic acids is 1. The topological polar surface area (TPSA) is 32.8 Å². The molecule has 2 aromatic carbocycles. The van der Waals surface area contributed by atoms with Crippen molar-refractivity contribution in [1.82, 2.24) is 9.80 Å². The first-order chi connectivity index (χ1) is 12.1. The number of nitrogens with zero attached hydrogens (tertiary/aromatic N) is 2. The van der Waals surface area contributed by atoms with Gasteiger partial charge in [-0.05, 0) is 59.3 Å². The molecule has 132 valence electrons. The van der Waals surface area contributed by atoms with E-state index >= 15 is 0 Å². The first-order valence-corrected chi connectivity index (χ1v) is 9.67. The highest BCUT2D eigenvalue weighted by Gasteiger charge is 2.26. The van der Waals surface area contributed by atoms with Crippen LogP contribution in [0, 0.1) is 3.57 Å². The number of rotatable bonds is 5. The Labute approximate surface area is 162 Å². The molecule has 1 unspecified atom stereocenters. The summed E-state index contributed by atoms with van der Waals surface area (Å²) in [5.41, 5.74) is 1.33. The van der Waals surface area contributed by atoms with Gasteiger partial charge in [-0.3, -0.25) is 9.69 Å². The molecule has 1 amide bonds. The van der Waals surface area contributed by atoms with Crippen molar-refractivity contribution in [3.8, 4) is 5.75 Å². The lowest BCUT2D eigenvalue weighted by atomic mass is 10.2. The molecule has 0 saturated carbocycles. The fraction of sp³-hybridized carbons (Fsp3) is 0.350. The van der Waals surface area contributed by atoms with Crippen molar-refractivity contribution in [2.45, 2.75) is 19.6 Å². The van der Waals surface area contributed by atoms with Gasteiger partial charge in [0.2, 0.25) is 0 Å². The van der Waals surface area contributed by atoms with Gasteiger partial charge in [-0.2, -0.15) is 0 Å². The van der Waals surface area contributed by atoms with Crippen molar-refractivity contribution >= 4 is 28.5 Å². The molecule has 0 aromatic heterocycles. The number of carbonyl (C=O) groups is 1. The van der Waals surface area contributed by atoms with Gasteiger partial charge in [0, 0.05) is 36.3 Å². The van der Waals surface area contributed by atoms with E-state index in [1.807, 2.05) is 42.2 Å². The van der Waals surface area contributed by atoms with Crippen molar-refractivity contribution in [3.05, 3.63) is 63.7 Å². The second kappa shape index (κ2) is 8.67. The van der Waals surface area contributed by atoms with Crippen molar-refractivity contribution in [2.75, 3.05) is 26.2 Å². The monoisotopic (exact) mass is 450 g/mol. The molecule has 25 heavy (non-hydrogen) atoms. The molecular weight excluding hydrogens is 427 g/mol. The number of hydrogen-bond acceptors (Lipinski definition) is 3. The van der Waals surface area contributed by atoms with Gasteiger partial charge in [-0.1, -0.05) is 30.3 Å². The molecule has 1 saturated heterocycles. The van der Waals surface area contributed by atoms with Crippen LogP contribution in [-0.4, -0.2) is 48.0 Å². The Morgan fingerprint density at radius 3 is 2.48 bits per heavy atom. The molecule has 1 heterocycles. The van der Waals surface area contributed by atoms with Crippen LogP contribution in [0.1, 0.15) is 12.5 Å². The summed E-state index contributed by atoms with van der Waals surface area (Å²) in [4.78, 5) is 16.9. The van der Waals surface area contributed by atoms with Crippen molar-refractivity contribution in [3.63, 3.8) is 0 Å². The molecule has 1 atom stereocenters. The first-order valence-electron chi connectivity index (χ1n) is 8.59. The summed E-state index contributed by atoms with van der Waals surface area (Å²) in [5.74, 6) is 0.804. The minimum atomic E-state index is -0.454. The molecule has 3 rings (SSSR count).